The average molecular weight is 684 g/mol. The van der Waals surface area contributed by atoms with E-state index >= 15 is 0 Å². The Kier molecular flexibility index (Phi) is 11.1. The van der Waals surface area contributed by atoms with Crippen molar-refractivity contribution in [2.45, 2.75) is 176 Å². The Morgan fingerprint density at radius 3 is 1.24 bits per heavy atom. The van der Waals surface area contributed by atoms with Crippen LogP contribution in [0, 0.1) is 0 Å². The van der Waals surface area contributed by atoms with E-state index in [0.29, 0.717) is 0 Å². The maximum atomic E-state index is 7.54. The van der Waals surface area contributed by atoms with Crippen molar-refractivity contribution in [2.75, 3.05) is 0 Å². The van der Waals surface area contributed by atoms with E-state index in [4.69, 9.17) is 23.2 Å². The summed E-state index contributed by atoms with van der Waals surface area (Å²) in [7, 11) is -0.932. The van der Waals surface area contributed by atoms with Crippen LogP contribution in [-0.2, 0) is 32.5 Å². The number of hydrogen-bond donors (Lipinski definition) is 0. The molecule has 0 spiro atoms. The normalized spacial score (nSPS) is 19.4. The standard InChI is InChI=1S/C43H65Cl2P/c1-38(2,3)27-22-30(40(7,8)9)36(31(23-27)41(10,11)12)29(26-44)34-20-19-21-35(45)46(34)37-32(42(13,14)15)24-28(39(4,5)6)25-33(37)43(16,17)18/h21-26,34H,19-20H2,1-18H3/b29-26+/t34-,46+/m0/s1. The molecule has 3 rings (SSSR count). The Morgan fingerprint density at radius 1 is 0.587 bits per heavy atom. The molecule has 0 aliphatic carbocycles. The molecule has 0 radical (unpaired) electrons. The van der Waals surface area contributed by atoms with Crippen LogP contribution >= 0.6 is 31.1 Å². The second kappa shape index (κ2) is 13.0. The molecule has 2 aromatic carbocycles. The van der Waals surface area contributed by atoms with Crippen LogP contribution in [0.1, 0.15) is 176 Å². The number of benzene rings is 2. The third kappa shape index (κ3) is 8.38. The van der Waals surface area contributed by atoms with Crippen LogP contribution in [-0.4, -0.2) is 5.66 Å². The van der Waals surface area contributed by atoms with Gasteiger partial charge in [-0.3, -0.25) is 0 Å². The number of rotatable bonds is 3. The van der Waals surface area contributed by atoms with Crippen molar-refractivity contribution in [3.63, 3.8) is 0 Å². The highest BCUT2D eigenvalue weighted by atomic mass is 35.5. The molecule has 0 unspecified atom stereocenters. The van der Waals surface area contributed by atoms with Crippen molar-refractivity contribution in [2.24, 2.45) is 0 Å². The summed E-state index contributed by atoms with van der Waals surface area (Å²) in [5.74, 6) is 0. The zero-order valence-corrected chi connectivity index (χ0v) is 35.1. The highest BCUT2D eigenvalue weighted by Gasteiger charge is 2.41. The molecule has 0 aromatic heterocycles. The van der Waals surface area contributed by atoms with Crippen molar-refractivity contribution in [1.82, 2.24) is 0 Å². The molecule has 0 N–H and O–H groups in total. The lowest BCUT2D eigenvalue weighted by Gasteiger charge is -2.42. The molecule has 3 heteroatoms. The Hall–Kier alpha value is -1.07. The highest BCUT2D eigenvalue weighted by molar-refractivity contribution is 7.73. The maximum Gasteiger partial charge on any atom is 0.0424 e. The Balaban J connectivity index is 2.55. The summed E-state index contributed by atoms with van der Waals surface area (Å²) in [4.78, 5) is 0. The first-order valence-electron chi connectivity index (χ1n) is 17.4. The first kappa shape index (κ1) is 39.4. The lowest BCUT2D eigenvalue weighted by molar-refractivity contribution is 0.545. The molecule has 256 valence electrons. The molecule has 46 heavy (non-hydrogen) atoms. The monoisotopic (exact) mass is 682 g/mol. The zero-order valence-electron chi connectivity index (χ0n) is 32.7. The fourth-order valence-electron chi connectivity index (χ4n) is 6.63. The maximum absolute atomic E-state index is 7.54. The molecule has 0 saturated heterocycles. The van der Waals surface area contributed by atoms with E-state index in [1.165, 1.54) is 49.8 Å². The second-order valence-electron chi connectivity index (χ2n) is 19.9. The van der Waals surface area contributed by atoms with Crippen LogP contribution < -0.4 is 5.30 Å². The summed E-state index contributed by atoms with van der Waals surface area (Å²) in [6, 6.07) is 9.97. The minimum atomic E-state index is -0.932. The van der Waals surface area contributed by atoms with Crippen molar-refractivity contribution in [3.05, 3.63) is 79.6 Å². The van der Waals surface area contributed by atoms with Gasteiger partial charge >= 0.3 is 0 Å². The minimum absolute atomic E-state index is 0.0326. The number of allylic oxidation sites excluding steroid dienone is 2. The topological polar surface area (TPSA) is 0 Å². The lowest BCUT2D eigenvalue weighted by Crippen LogP contribution is -2.35. The van der Waals surface area contributed by atoms with Crippen LogP contribution in [0.3, 0.4) is 0 Å². The van der Waals surface area contributed by atoms with Crippen molar-refractivity contribution >= 4 is 42.0 Å². The molecule has 0 amide bonds. The van der Waals surface area contributed by atoms with Gasteiger partial charge in [0.1, 0.15) is 0 Å². The molecule has 1 aliphatic heterocycles. The quantitative estimate of drug-likeness (QED) is 0.283. The summed E-state index contributed by atoms with van der Waals surface area (Å²) in [6.45, 7) is 42.3. The van der Waals surface area contributed by atoms with Crippen molar-refractivity contribution in [1.29, 1.82) is 0 Å². The average Bonchev–Trinajstić information content (AvgIpc) is 2.85. The fraction of sp³-hybridized carbons (Fsp3) is 0.628. The third-order valence-corrected chi connectivity index (χ3v) is 13.2. The summed E-state index contributed by atoms with van der Waals surface area (Å²) in [6.07, 6.45) is 4.30. The van der Waals surface area contributed by atoms with E-state index in [2.05, 4.69) is 155 Å². The molecule has 0 bridgehead atoms. The van der Waals surface area contributed by atoms with Gasteiger partial charge in [-0.25, -0.2) is 0 Å². The first-order chi connectivity index (χ1) is 20.5. The van der Waals surface area contributed by atoms with Crippen molar-refractivity contribution < 1.29 is 0 Å². The van der Waals surface area contributed by atoms with Gasteiger partial charge in [0.2, 0.25) is 0 Å². The Labute approximate surface area is 296 Å². The molecule has 0 nitrogen and oxygen atoms in total. The summed E-state index contributed by atoms with van der Waals surface area (Å²) < 4.78 is 1.02. The van der Waals surface area contributed by atoms with E-state index in [-0.39, 0.29) is 38.1 Å². The SMILES string of the molecule is CC(C)(C)c1cc(C(C)(C)C)c(/C(=C/Cl)[C@@H]2CCC=C(Cl)[P@]2c2c(C(C)(C)C)cc(C(C)(C)C)cc2C(C)(C)C)c(C(C)(C)C)c1. The van der Waals surface area contributed by atoms with Crippen molar-refractivity contribution in [3.8, 4) is 0 Å². The smallest absolute Gasteiger partial charge is 0.0424 e. The molecule has 1 heterocycles. The molecule has 2 atom stereocenters. The van der Waals surface area contributed by atoms with Gasteiger partial charge in [-0.2, -0.15) is 0 Å². The predicted molar refractivity (Wildman–Crippen MR) is 212 cm³/mol. The molecule has 2 aromatic rings. The minimum Gasteiger partial charge on any atom is -0.0926 e. The van der Waals surface area contributed by atoms with Crippen LogP contribution in [0.5, 0.6) is 0 Å². The van der Waals surface area contributed by atoms with Gasteiger partial charge in [0, 0.05) is 16.0 Å². The summed E-state index contributed by atoms with van der Waals surface area (Å²) in [5.41, 5.74) is 13.0. The van der Waals surface area contributed by atoms with Gasteiger partial charge in [0.05, 0.1) is 0 Å². The Bertz CT molecular complexity index is 1420. The molecule has 1 aliphatic rings. The van der Waals surface area contributed by atoms with E-state index in [1.54, 1.807) is 0 Å². The fourth-order valence-corrected chi connectivity index (χ4v) is 11.0. The molecule has 0 saturated carbocycles. The van der Waals surface area contributed by atoms with Gasteiger partial charge in [-0.05, 0) is 103 Å². The van der Waals surface area contributed by atoms with Gasteiger partial charge < -0.3 is 0 Å². The van der Waals surface area contributed by atoms with Gasteiger partial charge in [-0.15, -0.1) is 0 Å². The van der Waals surface area contributed by atoms with E-state index in [0.717, 1.165) is 17.6 Å². The summed E-state index contributed by atoms with van der Waals surface area (Å²) in [5, 5.41) is 1.46. The first-order valence-corrected chi connectivity index (χ1v) is 19.6. The van der Waals surface area contributed by atoms with Crippen LogP contribution in [0.15, 0.2) is 40.7 Å². The highest BCUT2D eigenvalue weighted by Crippen LogP contribution is 2.62. The van der Waals surface area contributed by atoms with Crippen LogP contribution in [0.4, 0.5) is 0 Å². The zero-order chi connectivity index (χ0) is 35.6. The molecular weight excluding hydrogens is 618 g/mol. The second-order valence-corrected chi connectivity index (χ2v) is 23.1. The third-order valence-electron chi connectivity index (χ3n) is 9.51. The number of halogens is 2. The van der Waals surface area contributed by atoms with E-state index < -0.39 is 7.92 Å². The Morgan fingerprint density at radius 2 is 0.935 bits per heavy atom. The number of hydrogen-bond acceptors (Lipinski definition) is 0. The molecule has 0 fully saturated rings. The van der Waals surface area contributed by atoms with Gasteiger partial charge in [0.25, 0.3) is 0 Å². The molecular formula is C43H65Cl2P. The summed E-state index contributed by atoms with van der Waals surface area (Å²) >= 11 is 14.7. The van der Waals surface area contributed by atoms with E-state index in [1.807, 2.05) is 5.54 Å². The van der Waals surface area contributed by atoms with Crippen LogP contribution in [0.25, 0.3) is 5.57 Å². The predicted octanol–water partition coefficient (Wildman–Crippen LogP) is 14.1. The largest absolute Gasteiger partial charge is 0.0926 e. The lowest BCUT2D eigenvalue weighted by atomic mass is 9.70. The van der Waals surface area contributed by atoms with Gasteiger partial charge in [0.15, 0.2) is 0 Å². The van der Waals surface area contributed by atoms with E-state index in [9.17, 15) is 0 Å². The van der Waals surface area contributed by atoms with Crippen LogP contribution in [0.2, 0.25) is 0 Å². The van der Waals surface area contributed by atoms with Gasteiger partial charge in [-0.1, -0.05) is 178 Å².